The highest BCUT2D eigenvalue weighted by molar-refractivity contribution is 5.62. The molecule has 1 saturated heterocycles. The van der Waals surface area contributed by atoms with Gasteiger partial charge in [-0.25, -0.2) is 0 Å². The zero-order valence-electron chi connectivity index (χ0n) is 14.3. The lowest BCUT2D eigenvalue weighted by molar-refractivity contribution is 0.317. The van der Waals surface area contributed by atoms with Crippen molar-refractivity contribution in [3.8, 4) is 11.3 Å². The Kier molecular flexibility index (Phi) is 4.63. The van der Waals surface area contributed by atoms with Crippen molar-refractivity contribution in [3.05, 3.63) is 78.0 Å². The predicted octanol–water partition coefficient (Wildman–Crippen LogP) is 3.25. The Balaban J connectivity index is 1.52. The average molecular weight is 332 g/mol. The van der Waals surface area contributed by atoms with E-state index in [1.165, 1.54) is 16.7 Å². The Morgan fingerprint density at radius 1 is 1.00 bits per heavy atom. The molecule has 0 bridgehead atoms. The van der Waals surface area contributed by atoms with Gasteiger partial charge in [-0.05, 0) is 23.6 Å². The number of likely N-dealkylation sites (tertiary alicyclic amines) is 1. The van der Waals surface area contributed by atoms with Gasteiger partial charge in [0.15, 0.2) is 0 Å². The van der Waals surface area contributed by atoms with E-state index in [0.717, 1.165) is 31.9 Å². The summed E-state index contributed by atoms with van der Waals surface area (Å²) in [6.45, 7) is 3.72. The summed E-state index contributed by atoms with van der Waals surface area (Å²) >= 11 is 0. The molecule has 0 radical (unpaired) electrons. The van der Waals surface area contributed by atoms with Crippen LogP contribution in [0.2, 0.25) is 0 Å². The summed E-state index contributed by atoms with van der Waals surface area (Å²) < 4.78 is 0. The van der Waals surface area contributed by atoms with Gasteiger partial charge in [0.1, 0.15) is 0 Å². The number of hydrogen-bond acceptors (Lipinski definition) is 3. The molecule has 1 aliphatic heterocycles. The number of benzene rings is 2. The molecule has 3 N–H and O–H groups in total. The van der Waals surface area contributed by atoms with Crippen molar-refractivity contribution in [2.75, 3.05) is 19.6 Å². The third kappa shape index (κ3) is 3.36. The zero-order valence-corrected chi connectivity index (χ0v) is 14.3. The van der Waals surface area contributed by atoms with Crippen LogP contribution in [-0.2, 0) is 6.54 Å². The van der Waals surface area contributed by atoms with Crippen molar-refractivity contribution in [1.82, 2.24) is 15.1 Å². The second kappa shape index (κ2) is 7.21. The summed E-state index contributed by atoms with van der Waals surface area (Å²) in [6, 6.07) is 21.2. The molecular formula is C21H24N4. The van der Waals surface area contributed by atoms with Crippen molar-refractivity contribution in [2.45, 2.75) is 12.5 Å². The lowest BCUT2D eigenvalue weighted by Crippen LogP contribution is -2.23. The average Bonchev–Trinajstić information content (AvgIpc) is 3.30. The molecule has 2 aromatic carbocycles. The van der Waals surface area contributed by atoms with Crippen molar-refractivity contribution in [3.63, 3.8) is 0 Å². The van der Waals surface area contributed by atoms with Gasteiger partial charge in [-0.2, -0.15) is 5.10 Å². The molecule has 0 saturated carbocycles. The molecule has 3 aromatic rings. The number of hydrogen-bond donors (Lipinski definition) is 2. The second-order valence-electron chi connectivity index (χ2n) is 6.84. The number of H-pyrrole nitrogens is 1. The van der Waals surface area contributed by atoms with E-state index < -0.39 is 0 Å². The SMILES string of the molecule is NC[C@@H]1CN(Cc2cn[nH]c2-c2ccccc2)C[C@H]1c1ccccc1. The Morgan fingerprint density at radius 2 is 1.72 bits per heavy atom. The van der Waals surface area contributed by atoms with Gasteiger partial charge in [-0.1, -0.05) is 60.7 Å². The molecule has 128 valence electrons. The van der Waals surface area contributed by atoms with Crippen LogP contribution < -0.4 is 5.73 Å². The lowest BCUT2D eigenvalue weighted by Gasteiger charge is -2.17. The minimum Gasteiger partial charge on any atom is -0.330 e. The van der Waals surface area contributed by atoms with Crippen molar-refractivity contribution in [1.29, 1.82) is 0 Å². The van der Waals surface area contributed by atoms with Gasteiger partial charge in [0.25, 0.3) is 0 Å². The largest absolute Gasteiger partial charge is 0.330 e. The molecule has 2 atom stereocenters. The quantitative estimate of drug-likeness (QED) is 0.754. The normalized spacial score (nSPS) is 20.8. The molecule has 4 nitrogen and oxygen atoms in total. The van der Waals surface area contributed by atoms with E-state index in [1.807, 2.05) is 12.3 Å². The fourth-order valence-electron chi connectivity index (χ4n) is 3.93. The van der Waals surface area contributed by atoms with Crippen LogP contribution in [0.4, 0.5) is 0 Å². The van der Waals surface area contributed by atoms with E-state index in [0.29, 0.717) is 11.8 Å². The van der Waals surface area contributed by atoms with Gasteiger partial charge in [0.2, 0.25) is 0 Å². The van der Waals surface area contributed by atoms with E-state index >= 15 is 0 Å². The molecule has 0 aliphatic carbocycles. The van der Waals surface area contributed by atoms with Crippen LogP contribution in [0.25, 0.3) is 11.3 Å². The second-order valence-corrected chi connectivity index (χ2v) is 6.84. The molecular weight excluding hydrogens is 308 g/mol. The Bertz CT molecular complexity index is 797. The summed E-state index contributed by atoms with van der Waals surface area (Å²) in [5.41, 5.74) is 11.0. The highest BCUT2D eigenvalue weighted by Crippen LogP contribution is 2.33. The minimum absolute atomic E-state index is 0.509. The van der Waals surface area contributed by atoms with Crippen LogP contribution >= 0.6 is 0 Å². The maximum atomic E-state index is 6.07. The molecule has 1 aliphatic rings. The molecule has 0 spiro atoms. The molecule has 25 heavy (non-hydrogen) atoms. The summed E-state index contributed by atoms with van der Waals surface area (Å²) in [6.07, 6.45) is 1.95. The number of aromatic amines is 1. The molecule has 2 heterocycles. The number of rotatable bonds is 5. The van der Waals surface area contributed by atoms with Crippen molar-refractivity contribution >= 4 is 0 Å². The van der Waals surface area contributed by atoms with Gasteiger partial charge in [0, 0.05) is 31.1 Å². The highest BCUT2D eigenvalue weighted by Gasteiger charge is 2.33. The molecule has 0 amide bonds. The Morgan fingerprint density at radius 3 is 2.44 bits per heavy atom. The molecule has 4 heteroatoms. The monoisotopic (exact) mass is 332 g/mol. The summed E-state index contributed by atoms with van der Waals surface area (Å²) in [5, 5.41) is 7.44. The molecule has 1 fully saturated rings. The van der Waals surface area contributed by atoms with E-state index in [9.17, 15) is 0 Å². The summed E-state index contributed by atoms with van der Waals surface area (Å²) in [4.78, 5) is 2.51. The van der Waals surface area contributed by atoms with Gasteiger partial charge >= 0.3 is 0 Å². The number of nitrogens with zero attached hydrogens (tertiary/aromatic N) is 2. The van der Waals surface area contributed by atoms with Gasteiger partial charge < -0.3 is 5.73 Å². The third-order valence-electron chi connectivity index (χ3n) is 5.22. The molecule has 1 aromatic heterocycles. The Labute approximate surface area is 148 Å². The first-order chi connectivity index (χ1) is 12.3. The maximum absolute atomic E-state index is 6.07. The molecule has 4 rings (SSSR count). The third-order valence-corrected chi connectivity index (χ3v) is 5.22. The van der Waals surface area contributed by atoms with Crippen LogP contribution in [0.1, 0.15) is 17.0 Å². The highest BCUT2D eigenvalue weighted by atomic mass is 15.2. The van der Waals surface area contributed by atoms with Crippen LogP contribution in [0.15, 0.2) is 66.9 Å². The van der Waals surface area contributed by atoms with Crippen LogP contribution in [0, 0.1) is 5.92 Å². The lowest BCUT2D eigenvalue weighted by atomic mass is 9.89. The predicted molar refractivity (Wildman–Crippen MR) is 101 cm³/mol. The topological polar surface area (TPSA) is 57.9 Å². The number of aromatic nitrogens is 2. The number of nitrogens with one attached hydrogen (secondary N) is 1. The summed E-state index contributed by atoms with van der Waals surface area (Å²) in [7, 11) is 0. The zero-order chi connectivity index (χ0) is 17.1. The van der Waals surface area contributed by atoms with E-state index in [1.54, 1.807) is 0 Å². The van der Waals surface area contributed by atoms with Gasteiger partial charge in [0.05, 0.1) is 11.9 Å². The van der Waals surface area contributed by atoms with E-state index in [2.05, 4.69) is 69.7 Å². The first-order valence-corrected chi connectivity index (χ1v) is 8.90. The van der Waals surface area contributed by atoms with Crippen LogP contribution in [0.3, 0.4) is 0 Å². The fourth-order valence-corrected chi connectivity index (χ4v) is 3.93. The summed E-state index contributed by atoms with van der Waals surface area (Å²) in [5.74, 6) is 1.02. The fraction of sp³-hybridized carbons (Fsp3) is 0.286. The smallest absolute Gasteiger partial charge is 0.0695 e. The van der Waals surface area contributed by atoms with E-state index in [-0.39, 0.29) is 0 Å². The van der Waals surface area contributed by atoms with E-state index in [4.69, 9.17) is 5.73 Å². The first kappa shape index (κ1) is 16.1. The van der Waals surface area contributed by atoms with Crippen LogP contribution in [-0.4, -0.2) is 34.7 Å². The maximum Gasteiger partial charge on any atom is 0.0695 e. The number of nitrogens with two attached hydrogens (primary N) is 1. The molecule has 0 unspecified atom stereocenters. The van der Waals surface area contributed by atoms with Crippen molar-refractivity contribution < 1.29 is 0 Å². The van der Waals surface area contributed by atoms with Gasteiger partial charge in [-0.3, -0.25) is 10.00 Å². The Hall–Kier alpha value is -2.43. The van der Waals surface area contributed by atoms with Crippen LogP contribution in [0.5, 0.6) is 0 Å². The van der Waals surface area contributed by atoms with Gasteiger partial charge in [-0.15, -0.1) is 0 Å². The minimum atomic E-state index is 0.509. The first-order valence-electron chi connectivity index (χ1n) is 8.90. The van der Waals surface area contributed by atoms with Crippen molar-refractivity contribution in [2.24, 2.45) is 11.7 Å². The standard InChI is InChI=1S/C21H24N4/c22-11-18-13-25(15-20(18)16-7-3-1-4-8-16)14-19-12-23-24-21(19)17-9-5-2-6-10-17/h1-10,12,18,20H,11,13-15,22H2,(H,23,24)/t18-,20+/m1/s1.